The van der Waals surface area contributed by atoms with Gasteiger partial charge in [-0.2, -0.15) is 0 Å². The van der Waals surface area contributed by atoms with Crippen LogP contribution in [0.5, 0.6) is 0 Å². The fourth-order valence-electron chi connectivity index (χ4n) is 3.77. The van der Waals surface area contributed by atoms with Crippen LogP contribution >= 0.6 is 0 Å². The maximum Gasteiger partial charge on any atom is 0.267 e. The number of hydrogen-bond donors (Lipinski definition) is 0. The minimum Gasteiger partial charge on any atom is -0.378 e. The van der Waals surface area contributed by atoms with Crippen molar-refractivity contribution >= 4 is 22.6 Å². The Kier molecular flexibility index (Phi) is 4.09. The molecule has 142 valence electrons. The van der Waals surface area contributed by atoms with Gasteiger partial charge in [-0.25, -0.2) is 8.97 Å². The molecule has 1 fully saturated rings. The molecule has 5 rings (SSSR count). The molecule has 3 heterocycles. The Balaban J connectivity index is 1.83. The number of para-hydroxylation sites is 1. The predicted molar refractivity (Wildman–Crippen MR) is 109 cm³/mol. The zero-order chi connectivity index (χ0) is 19.1. The summed E-state index contributed by atoms with van der Waals surface area (Å²) in [5.41, 5.74) is 2.74. The second-order valence-electron chi connectivity index (χ2n) is 6.91. The number of nitrogens with zero attached hydrogens (tertiary/aromatic N) is 5. The van der Waals surface area contributed by atoms with Gasteiger partial charge in [0.05, 0.1) is 29.8 Å². The van der Waals surface area contributed by atoms with E-state index in [0.29, 0.717) is 24.4 Å². The summed E-state index contributed by atoms with van der Waals surface area (Å²) in [6.45, 7) is 4.93. The first-order chi connectivity index (χ1) is 13.8. The fourth-order valence-corrected chi connectivity index (χ4v) is 3.77. The maximum atomic E-state index is 13.3. The van der Waals surface area contributed by atoms with E-state index in [1.165, 1.54) is 5.56 Å². The van der Waals surface area contributed by atoms with Crippen LogP contribution in [-0.4, -0.2) is 45.5 Å². The molecule has 2 aromatic heterocycles. The number of aromatic nitrogens is 4. The Morgan fingerprint density at radius 3 is 2.50 bits per heavy atom. The van der Waals surface area contributed by atoms with Gasteiger partial charge < -0.3 is 9.64 Å². The average molecular weight is 375 g/mol. The lowest BCUT2D eigenvalue weighted by Gasteiger charge is -2.26. The number of ether oxygens (including phenoxy) is 1. The summed E-state index contributed by atoms with van der Waals surface area (Å²) < 4.78 is 9.11. The number of benzene rings is 2. The van der Waals surface area contributed by atoms with E-state index in [9.17, 15) is 4.79 Å². The van der Waals surface area contributed by atoms with Gasteiger partial charge in [-0.05, 0) is 36.2 Å². The van der Waals surface area contributed by atoms with Gasteiger partial charge in [0.1, 0.15) is 0 Å². The summed E-state index contributed by atoms with van der Waals surface area (Å²) in [5, 5.41) is 9.51. The van der Waals surface area contributed by atoms with Gasteiger partial charge in [0.2, 0.25) is 11.7 Å². The van der Waals surface area contributed by atoms with Crippen LogP contribution < -0.4 is 10.5 Å². The van der Waals surface area contributed by atoms with Crippen LogP contribution in [0.1, 0.15) is 12.5 Å². The van der Waals surface area contributed by atoms with E-state index in [1.807, 2.05) is 52.9 Å². The smallest absolute Gasteiger partial charge is 0.267 e. The predicted octanol–water partition coefficient (Wildman–Crippen LogP) is 2.43. The van der Waals surface area contributed by atoms with E-state index in [4.69, 9.17) is 4.74 Å². The van der Waals surface area contributed by atoms with E-state index in [0.717, 1.165) is 36.7 Å². The van der Waals surface area contributed by atoms with E-state index in [-0.39, 0.29) is 5.56 Å². The van der Waals surface area contributed by atoms with Crippen LogP contribution in [0.25, 0.3) is 22.4 Å². The van der Waals surface area contributed by atoms with E-state index in [2.05, 4.69) is 22.0 Å². The largest absolute Gasteiger partial charge is 0.378 e. The average Bonchev–Trinajstić information content (AvgIpc) is 3.20. The van der Waals surface area contributed by atoms with Crippen LogP contribution in [0.15, 0.2) is 53.3 Å². The number of fused-ring (bicyclic) bond motifs is 3. The van der Waals surface area contributed by atoms with Crippen LogP contribution in [-0.2, 0) is 11.2 Å². The Morgan fingerprint density at radius 2 is 1.75 bits per heavy atom. The molecule has 1 saturated heterocycles. The quantitative estimate of drug-likeness (QED) is 0.550. The molecule has 0 saturated carbocycles. The number of hydrogen-bond acceptors (Lipinski definition) is 5. The van der Waals surface area contributed by atoms with Crippen LogP contribution in [0.2, 0.25) is 0 Å². The second kappa shape index (κ2) is 6.76. The molecule has 0 amide bonds. The summed E-state index contributed by atoms with van der Waals surface area (Å²) in [7, 11) is 0. The van der Waals surface area contributed by atoms with Gasteiger partial charge in [0, 0.05) is 13.1 Å². The molecule has 0 atom stereocenters. The Morgan fingerprint density at radius 1 is 1.00 bits per heavy atom. The van der Waals surface area contributed by atoms with E-state index >= 15 is 0 Å². The van der Waals surface area contributed by atoms with Crippen LogP contribution in [0, 0.1) is 0 Å². The third-order valence-corrected chi connectivity index (χ3v) is 5.30. The number of anilines is 1. The molecule has 0 unspecified atom stereocenters. The fraction of sp³-hybridized carbons (Fsp3) is 0.286. The molecule has 7 nitrogen and oxygen atoms in total. The number of rotatable bonds is 3. The third-order valence-electron chi connectivity index (χ3n) is 5.30. The second-order valence-corrected chi connectivity index (χ2v) is 6.91. The zero-order valence-electron chi connectivity index (χ0n) is 15.7. The first-order valence-electron chi connectivity index (χ1n) is 9.59. The highest BCUT2D eigenvalue weighted by Gasteiger charge is 2.22. The molecule has 0 bridgehead atoms. The van der Waals surface area contributed by atoms with Gasteiger partial charge in [-0.15, -0.1) is 10.2 Å². The molecular weight excluding hydrogens is 354 g/mol. The highest BCUT2D eigenvalue weighted by Crippen LogP contribution is 2.22. The maximum absolute atomic E-state index is 13.3. The van der Waals surface area contributed by atoms with Crippen LogP contribution in [0.4, 0.5) is 5.95 Å². The summed E-state index contributed by atoms with van der Waals surface area (Å²) in [4.78, 5) is 15.5. The van der Waals surface area contributed by atoms with Crippen LogP contribution in [0.3, 0.4) is 0 Å². The van der Waals surface area contributed by atoms with Gasteiger partial charge in [0.25, 0.3) is 5.56 Å². The van der Waals surface area contributed by atoms with Crippen molar-refractivity contribution in [3.05, 3.63) is 64.4 Å². The molecular formula is C21H21N5O2. The molecule has 0 spiro atoms. The van der Waals surface area contributed by atoms with Crippen molar-refractivity contribution in [1.82, 2.24) is 19.2 Å². The summed E-state index contributed by atoms with van der Waals surface area (Å²) in [6.07, 6.45) is 0.953. The minimum atomic E-state index is -0.0896. The first kappa shape index (κ1) is 16.9. The molecule has 0 N–H and O–H groups in total. The van der Waals surface area contributed by atoms with Crippen molar-refractivity contribution in [2.75, 3.05) is 31.2 Å². The highest BCUT2D eigenvalue weighted by atomic mass is 16.5. The molecule has 28 heavy (non-hydrogen) atoms. The van der Waals surface area contributed by atoms with Crippen molar-refractivity contribution in [3.63, 3.8) is 0 Å². The number of aryl methyl sites for hydroxylation is 1. The van der Waals surface area contributed by atoms with Gasteiger partial charge in [0.15, 0.2) is 0 Å². The normalized spacial score (nSPS) is 14.8. The van der Waals surface area contributed by atoms with Crippen molar-refractivity contribution in [1.29, 1.82) is 0 Å². The van der Waals surface area contributed by atoms with Gasteiger partial charge >= 0.3 is 0 Å². The molecule has 0 radical (unpaired) electrons. The summed E-state index contributed by atoms with van der Waals surface area (Å²) in [5.74, 6) is 1.27. The van der Waals surface area contributed by atoms with Crippen molar-refractivity contribution in [3.8, 4) is 5.69 Å². The lowest BCUT2D eigenvalue weighted by molar-refractivity contribution is 0.122. The molecule has 1 aliphatic rings. The lowest BCUT2D eigenvalue weighted by atomic mass is 10.1. The SMILES string of the molecule is CCc1ccc(-n2c(=O)c3ccccc3n3c(N4CCOCC4)nnc23)cc1. The number of morpholine rings is 1. The summed E-state index contributed by atoms with van der Waals surface area (Å²) >= 11 is 0. The minimum absolute atomic E-state index is 0.0896. The third kappa shape index (κ3) is 2.58. The van der Waals surface area contributed by atoms with Crippen molar-refractivity contribution < 1.29 is 4.74 Å². The Hall–Kier alpha value is -3.19. The molecule has 7 heteroatoms. The Labute approximate surface area is 161 Å². The molecule has 4 aromatic rings. The standard InChI is InChI=1S/C21H21N5O2/c1-2-15-7-9-16(10-8-15)25-19(27)17-5-3-4-6-18(17)26-20(22-23-21(25)26)24-11-13-28-14-12-24/h3-10H,2,11-14H2,1H3. The summed E-state index contributed by atoms with van der Waals surface area (Å²) in [6, 6.07) is 15.7. The van der Waals surface area contributed by atoms with Gasteiger partial charge in [-0.1, -0.05) is 31.2 Å². The topological polar surface area (TPSA) is 64.7 Å². The first-order valence-corrected chi connectivity index (χ1v) is 9.59. The molecule has 0 aliphatic carbocycles. The van der Waals surface area contributed by atoms with Crippen molar-refractivity contribution in [2.24, 2.45) is 0 Å². The van der Waals surface area contributed by atoms with E-state index < -0.39 is 0 Å². The molecule has 2 aromatic carbocycles. The van der Waals surface area contributed by atoms with Crippen molar-refractivity contribution in [2.45, 2.75) is 13.3 Å². The van der Waals surface area contributed by atoms with Gasteiger partial charge in [-0.3, -0.25) is 4.79 Å². The highest BCUT2D eigenvalue weighted by molar-refractivity contribution is 5.82. The monoisotopic (exact) mass is 375 g/mol. The lowest BCUT2D eigenvalue weighted by Crippen LogP contribution is -2.37. The van der Waals surface area contributed by atoms with E-state index in [1.54, 1.807) is 4.57 Å². The Bertz CT molecular complexity index is 1200. The zero-order valence-corrected chi connectivity index (χ0v) is 15.7. The molecule has 1 aliphatic heterocycles.